The Morgan fingerprint density at radius 3 is 2.58 bits per heavy atom. The number of rotatable bonds is 5. The molecular weight excluding hydrogens is 376 g/mol. The highest BCUT2D eigenvalue weighted by molar-refractivity contribution is 7.92. The normalized spacial score (nSPS) is 19.9. The summed E-state index contributed by atoms with van der Waals surface area (Å²) in [6.07, 6.45) is 1.33. The molecule has 1 unspecified atom stereocenters. The molecule has 1 heterocycles. The maximum atomic E-state index is 12.1. The SMILES string of the molecule is Cc1ccc(N(CC(=O)NC2CCS(=O)(=O)C2)S(C)(=O)=O)cc1Cl. The topological polar surface area (TPSA) is 101 Å². The van der Waals surface area contributed by atoms with Crippen LogP contribution in [0.3, 0.4) is 0 Å². The lowest BCUT2D eigenvalue weighted by Gasteiger charge is -2.23. The molecule has 0 aliphatic carbocycles. The van der Waals surface area contributed by atoms with E-state index in [0.29, 0.717) is 11.4 Å². The smallest absolute Gasteiger partial charge is 0.241 e. The fraction of sp³-hybridized carbons (Fsp3) is 0.500. The summed E-state index contributed by atoms with van der Waals surface area (Å²) in [5.41, 5.74) is 1.07. The van der Waals surface area contributed by atoms with Crippen molar-refractivity contribution < 1.29 is 21.6 Å². The van der Waals surface area contributed by atoms with Crippen molar-refractivity contribution >= 4 is 43.1 Å². The van der Waals surface area contributed by atoms with E-state index in [-0.39, 0.29) is 17.2 Å². The van der Waals surface area contributed by atoms with E-state index in [4.69, 9.17) is 11.6 Å². The third-order valence-corrected chi connectivity index (χ3v) is 7.04. The van der Waals surface area contributed by atoms with Gasteiger partial charge in [-0.05, 0) is 31.0 Å². The molecule has 2 rings (SSSR count). The van der Waals surface area contributed by atoms with Crippen molar-refractivity contribution in [2.24, 2.45) is 0 Å². The Labute approximate surface area is 147 Å². The number of carbonyl (C=O) groups excluding carboxylic acids is 1. The monoisotopic (exact) mass is 394 g/mol. The summed E-state index contributed by atoms with van der Waals surface area (Å²) in [7, 11) is -6.83. The van der Waals surface area contributed by atoms with Gasteiger partial charge in [0.15, 0.2) is 9.84 Å². The van der Waals surface area contributed by atoms with Crippen molar-refractivity contribution in [3.63, 3.8) is 0 Å². The molecule has 1 aromatic carbocycles. The van der Waals surface area contributed by atoms with E-state index < -0.39 is 38.4 Å². The minimum Gasteiger partial charge on any atom is -0.351 e. The molecule has 24 heavy (non-hydrogen) atoms. The number of sulfonamides is 1. The van der Waals surface area contributed by atoms with Crippen LogP contribution in [-0.4, -0.2) is 53.1 Å². The maximum Gasteiger partial charge on any atom is 0.241 e. The highest BCUT2D eigenvalue weighted by Gasteiger charge is 2.30. The molecule has 134 valence electrons. The number of nitrogens with one attached hydrogen (secondary N) is 1. The fourth-order valence-electron chi connectivity index (χ4n) is 2.45. The van der Waals surface area contributed by atoms with Gasteiger partial charge in [-0.15, -0.1) is 0 Å². The van der Waals surface area contributed by atoms with Crippen molar-refractivity contribution in [1.82, 2.24) is 5.32 Å². The predicted molar refractivity (Wildman–Crippen MR) is 93.6 cm³/mol. The highest BCUT2D eigenvalue weighted by atomic mass is 35.5. The first-order valence-electron chi connectivity index (χ1n) is 7.21. The summed E-state index contributed by atoms with van der Waals surface area (Å²) in [4.78, 5) is 12.1. The zero-order chi connectivity index (χ0) is 18.1. The van der Waals surface area contributed by atoms with Crippen LogP contribution in [0.15, 0.2) is 18.2 Å². The molecule has 0 saturated carbocycles. The van der Waals surface area contributed by atoms with Crippen molar-refractivity contribution in [2.45, 2.75) is 19.4 Å². The molecule has 1 fully saturated rings. The van der Waals surface area contributed by atoms with Gasteiger partial charge >= 0.3 is 0 Å². The van der Waals surface area contributed by atoms with Gasteiger partial charge in [-0.2, -0.15) is 0 Å². The second-order valence-electron chi connectivity index (χ2n) is 5.87. The van der Waals surface area contributed by atoms with Crippen LogP contribution in [0.4, 0.5) is 5.69 Å². The zero-order valence-corrected chi connectivity index (χ0v) is 15.7. The largest absolute Gasteiger partial charge is 0.351 e. The summed E-state index contributed by atoms with van der Waals surface area (Å²) in [6.45, 7) is 1.35. The molecule has 0 spiro atoms. The average molecular weight is 395 g/mol. The van der Waals surface area contributed by atoms with Gasteiger partial charge in [-0.25, -0.2) is 16.8 Å². The molecular formula is C14H19ClN2O5S2. The first kappa shape index (κ1) is 19.0. The lowest BCUT2D eigenvalue weighted by atomic mass is 10.2. The molecule has 0 bridgehead atoms. The lowest BCUT2D eigenvalue weighted by Crippen LogP contribution is -2.44. The molecule has 1 aromatic rings. The summed E-state index contributed by atoms with van der Waals surface area (Å²) < 4.78 is 47.8. The average Bonchev–Trinajstić information content (AvgIpc) is 2.77. The van der Waals surface area contributed by atoms with E-state index in [9.17, 15) is 21.6 Å². The van der Waals surface area contributed by atoms with Gasteiger partial charge in [-0.1, -0.05) is 17.7 Å². The quantitative estimate of drug-likeness (QED) is 0.792. The van der Waals surface area contributed by atoms with Crippen LogP contribution in [0.25, 0.3) is 0 Å². The van der Waals surface area contributed by atoms with Gasteiger partial charge in [0, 0.05) is 11.1 Å². The van der Waals surface area contributed by atoms with Gasteiger partial charge in [0.2, 0.25) is 15.9 Å². The van der Waals surface area contributed by atoms with Crippen LogP contribution in [0, 0.1) is 6.92 Å². The Balaban J connectivity index is 2.15. The van der Waals surface area contributed by atoms with E-state index in [1.807, 2.05) is 0 Å². The van der Waals surface area contributed by atoms with Crippen LogP contribution in [0.1, 0.15) is 12.0 Å². The van der Waals surface area contributed by atoms with E-state index >= 15 is 0 Å². The van der Waals surface area contributed by atoms with Gasteiger partial charge < -0.3 is 5.32 Å². The molecule has 0 radical (unpaired) electrons. The summed E-state index contributed by atoms with van der Waals surface area (Å²) >= 11 is 6.02. The van der Waals surface area contributed by atoms with E-state index in [1.165, 1.54) is 6.07 Å². The van der Waals surface area contributed by atoms with Crippen LogP contribution < -0.4 is 9.62 Å². The molecule has 1 amide bonds. The number of amides is 1. The Bertz CT molecular complexity index is 852. The first-order chi connectivity index (χ1) is 11.0. The number of anilines is 1. The minimum absolute atomic E-state index is 0.0291. The summed E-state index contributed by atoms with van der Waals surface area (Å²) in [5, 5.41) is 2.97. The zero-order valence-electron chi connectivity index (χ0n) is 13.3. The van der Waals surface area contributed by atoms with Crippen LogP contribution in [-0.2, 0) is 24.7 Å². The molecule has 1 aliphatic heterocycles. The Hall–Kier alpha value is -1.32. The minimum atomic E-state index is -3.70. The molecule has 1 aliphatic rings. The van der Waals surface area contributed by atoms with E-state index in [2.05, 4.69) is 5.32 Å². The lowest BCUT2D eigenvalue weighted by molar-refractivity contribution is -0.120. The molecule has 1 N–H and O–H groups in total. The van der Waals surface area contributed by atoms with E-state index in [0.717, 1.165) is 16.1 Å². The Kier molecular flexibility index (Phi) is 5.46. The van der Waals surface area contributed by atoms with Gasteiger partial charge in [0.25, 0.3) is 0 Å². The summed E-state index contributed by atoms with van der Waals surface area (Å²) in [5.74, 6) is -0.644. The van der Waals surface area contributed by atoms with Crippen LogP contribution in [0.5, 0.6) is 0 Å². The Morgan fingerprint density at radius 1 is 1.42 bits per heavy atom. The number of nitrogens with zero attached hydrogens (tertiary/aromatic N) is 1. The molecule has 0 aromatic heterocycles. The predicted octanol–water partition coefficient (Wildman–Crippen LogP) is 0.718. The third kappa shape index (κ3) is 4.84. The number of halogens is 1. The van der Waals surface area contributed by atoms with Crippen LogP contribution >= 0.6 is 11.6 Å². The van der Waals surface area contributed by atoms with Crippen molar-refractivity contribution in [3.05, 3.63) is 28.8 Å². The standard InChI is InChI=1S/C14H19ClN2O5S2/c1-10-3-4-12(7-13(10)15)17(23(2,19)20)8-14(18)16-11-5-6-24(21,22)9-11/h3-4,7,11H,5-6,8-9H2,1-2H3,(H,16,18). The van der Waals surface area contributed by atoms with Crippen LogP contribution in [0.2, 0.25) is 5.02 Å². The second-order valence-corrected chi connectivity index (χ2v) is 10.4. The molecule has 1 saturated heterocycles. The Morgan fingerprint density at radius 2 is 2.08 bits per heavy atom. The van der Waals surface area contributed by atoms with Gasteiger partial charge in [0.05, 0.1) is 23.4 Å². The first-order valence-corrected chi connectivity index (χ1v) is 11.3. The number of benzene rings is 1. The maximum absolute atomic E-state index is 12.1. The van der Waals surface area contributed by atoms with E-state index in [1.54, 1.807) is 19.1 Å². The third-order valence-electron chi connectivity index (χ3n) is 3.73. The molecule has 10 heteroatoms. The fourth-order valence-corrected chi connectivity index (χ4v) is 5.15. The number of hydrogen-bond donors (Lipinski definition) is 1. The number of sulfone groups is 1. The van der Waals surface area contributed by atoms with Gasteiger partial charge in [-0.3, -0.25) is 9.10 Å². The molecule has 7 nitrogen and oxygen atoms in total. The number of aryl methyl sites for hydroxylation is 1. The highest BCUT2D eigenvalue weighted by Crippen LogP contribution is 2.24. The van der Waals surface area contributed by atoms with Crippen molar-refractivity contribution in [2.75, 3.05) is 28.6 Å². The van der Waals surface area contributed by atoms with Crippen molar-refractivity contribution in [1.29, 1.82) is 0 Å². The number of carbonyl (C=O) groups is 1. The second kappa shape index (κ2) is 6.89. The van der Waals surface area contributed by atoms with Crippen molar-refractivity contribution in [3.8, 4) is 0 Å². The number of hydrogen-bond acceptors (Lipinski definition) is 5. The molecule has 1 atom stereocenters. The van der Waals surface area contributed by atoms with Gasteiger partial charge in [0.1, 0.15) is 6.54 Å². The summed E-state index contributed by atoms with van der Waals surface area (Å²) in [6, 6.07) is 4.23.